The summed E-state index contributed by atoms with van der Waals surface area (Å²) in [6.07, 6.45) is 16.5. The Balaban J connectivity index is 2.73. The van der Waals surface area contributed by atoms with Gasteiger partial charge in [-0.2, -0.15) is 0 Å². The van der Waals surface area contributed by atoms with Gasteiger partial charge in [0.25, 0.3) is 0 Å². The van der Waals surface area contributed by atoms with Crippen LogP contribution < -0.4 is 5.48 Å². The molecule has 2 heteroatoms. The van der Waals surface area contributed by atoms with Gasteiger partial charge in [0.1, 0.15) is 0 Å². The summed E-state index contributed by atoms with van der Waals surface area (Å²) in [4.78, 5) is 0. The third kappa shape index (κ3) is 6.17. The number of nitrogens with one attached hydrogen (secondary N) is 1. The maximum Gasteiger partial charge on any atom is 0.0393 e. The van der Waals surface area contributed by atoms with Crippen LogP contribution in [0.3, 0.4) is 0 Å². The fourth-order valence-electron chi connectivity index (χ4n) is 2.91. The maximum atomic E-state index is 8.54. The van der Waals surface area contributed by atoms with Gasteiger partial charge in [0.2, 0.25) is 0 Å². The highest BCUT2D eigenvalue weighted by Gasteiger charge is 2.26. The van der Waals surface area contributed by atoms with Gasteiger partial charge in [-0.3, -0.25) is 0 Å². The van der Waals surface area contributed by atoms with E-state index in [4.69, 9.17) is 5.21 Å². The zero-order chi connectivity index (χ0) is 16.6. The van der Waals surface area contributed by atoms with E-state index in [1.54, 1.807) is 0 Å². The Bertz CT molecular complexity index is 516. The number of hydroxylamine groups is 1. The van der Waals surface area contributed by atoms with Gasteiger partial charge in [-0.25, -0.2) is 5.48 Å². The predicted octanol–water partition coefficient (Wildman–Crippen LogP) is 5.50. The van der Waals surface area contributed by atoms with Gasteiger partial charge >= 0.3 is 0 Å². The van der Waals surface area contributed by atoms with Crippen molar-refractivity contribution in [3.63, 3.8) is 0 Å². The van der Waals surface area contributed by atoms with Crippen LogP contribution in [0.2, 0.25) is 0 Å². The Hall–Kier alpha value is -1.38. The Morgan fingerprint density at radius 2 is 1.95 bits per heavy atom. The Morgan fingerprint density at radius 3 is 2.59 bits per heavy atom. The average molecular weight is 301 g/mol. The standard InChI is InChI=1S/C20H31NO/c1-16(8-6-9-17(2)13-15-21-22)11-12-19-18(3)10-7-14-20(19,4)5/h6,8-9,11-13,21-22H,7,10,14-15H2,1-5H3/b9-6+,12-11+,16-8+,17-13+. The summed E-state index contributed by atoms with van der Waals surface area (Å²) < 4.78 is 0. The van der Waals surface area contributed by atoms with Gasteiger partial charge in [0.05, 0.1) is 0 Å². The van der Waals surface area contributed by atoms with Crippen LogP contribution in [0.15, 0.2) is 58.7 Å². The second kappa shape index (κ2) is 8.92. The van der Waals surface area contributed by atoms with Crippen LogP contribution >= 0.6 is 0 Å². The number of hydrogen-bond donors (Lipinski definition) is 2. The quantitative estimate of drug-likeness (QED) is 0.502. The van der Waals surface area contributed by atoms with Crippen LogP contribution in [0, 0.1) is 5.41 Å². The van der Waals surface area contributed by atoms with Crippen molar-refractivity contribution in [2.75, 3.05) is 6.54 Å². The van der Waals surface area contributed by atoms with Crippen LogP contribution in [0.1, 0.15) is 53.9 Å². The first-order valence-corrected chi connectivity index (χ1v) is 8.14. The largest absolute Gasteiger partial charge is 0.317 e. The molecule has 2 N–H and O–H groups in total. The minimum atomic E-state index is 0.297. The molecule has 0 aliphatic heterocycles. The first-order valence-electron chi connectivity index (χ1n) is 8.14. The fraction of sp³-hybridized carbons (Fsp3) is 0.500. The molecule has 0 unspecified atom stereocenters. The first kappa shape index (κ1) is 18.7. The summed E-state index contributed by atoms with van der Waals surface area (Å²) in [5.74, 6) is 0. The summed E-state index contributed by atoms with van der Waals surface area (Å²) in [7, 11) is 0. The van der Waals surface area contributed by atoms with Gasteiger partial charge in [-0.1, -0.05) is 67.0 Å². The lowest BCUT2D eigenvalue weighted by Crippen LogP contribution is -2.19. The summed E-state index contributed by atoms with van der Waals surface area (Å²) in [6.45, 7) is 11.6. The van der Waals surface area contributed by atoms with Gasteiger partial charge < -0.3 is 5.21 Å². The molecule has 0 heterocycles. The smallest absolute Gasteiger partial charge is 0.0393 e. The summed E-state index contributed by atoms with van der Waals surface area (Å²) in [5.41, 5.74) is 7.82. The molecule has 0 atom stereocenters. The lowest BCUT2D eigenvalue weighted by atomic mass is 9.72. The molecule has 1 aliphatic carbocycles. The topological polar surface area (TPSA) is 32.3 Å². The highest BCUT2D eigenvalue weighted by atomic mass is 16.5. The number of rotatable bonds is 6. The number of allylic oxidation sites excluding steroid dienone is 9. The van der Waals surface area contributed by atoms with Crippen molar-refractivity contribution in [3.05, 3.63) is 58.7 Å². The normalized spacial score (nSPS) is 20.5. The molecule has 0 radical (unpaired) electrons. The second-order valence-electron chi connectivity index (χ2n) is 6.84. The average Bonchev–Trinajstić information content (AvgIpc) is 2.43. The van der Waals surface area contributed by atoms with Gasteiger partial charge in [0.15, 0.2) is 0 Å². The first-order chi connectivity index (χ1) is 10.4. The van der Waals surface area contributed by atoms with Crippen LogP contribution in [-0.2, 0) is 0 Å². The summed E-state index contributed by atoms with van der Waals surface area (Å²) in [6, 6.07) is 0. The third-order valence-electron chi connectivity index (χ3n) is 4.29. The van der Waals surface area contributed by atoms with Gasteiger partial charge in [-0.05, 0) is 51.0 Å². The molecule has 0 amide bonds. The highest BCUT2D eigenvalue weighted by Crippen LogP contribution is 2.40. The molecule has 0 aromatic carbocycles. The van der Waals surface area contributed by atoms with Crippen molar-refractivity contribution in [1.82, 2.24) is 5.48 Å². The molecule has 0 saturated carbocycles. The minimum Gasteiger partial charge on any atom is -0.317 e. The van der Waals surface area contributed by atoms with Crippen molar-refractivity contribution in [2.45, 2.75) is 53.9 Å². The van der Waals surface area contributed by atoms with E-state index in [9.17, 15) is 0 Å². The molecule has 0 saturated heterocycles. The minimum absolute atomic E-state index is 0.297. The SMILES string of the molecule is CC1=C(/C=C/C(C)=C/C=C/C(C)=C/CNO)C(C)(C)CCC1. The third-order valence-corrected chi connectivity index (χ3v) is 4.29. The van der Waals surface area contributed by atoms with E-state index in [1.165, 1.54) is 36.0 Å². The van der Waals surface area contributed by atoms with E-state index in [2.05, 4.69) is 57.5 Å². The molecular weight excluding hydrogens is 270 g/mol. The van der Waals surface area contributed by atoms with Crippen molar-refractivity contribution in [3.8, 4) is 0 Å². The van der Waals surface area contributed by atoms with Crippen molar-refractivity contribution < 1.29 is 5.21 Å². The Labute approximate surface area is 136 Å². The van der Waals surface area contributed by atoms with E-state index in [0.29, 0.717) is 12.0 Å². The van der Waals surface area contributed by atoms with E-state index < -0.39 is 0 Å². The Kier molecular flexibility index (Phi) is 7.57. The maximum absolute atomic E-state index is 8.54. The zero-order valence-corrected chi connectivity index (χ0v) is 14.7. The molecule has 122 valence electrons. The lowest BCUT2D eigenvalue weighted by molar-refractivity contribution is 0.179. The van der Waals surface area contributed by atoms with E-state index in [-0.39, 0.29) is 0 Å². The van der Waals surface area contributed by atoms with Gasteiger partial charge in [0, 0.05) is 6.54 Å². The number of hydrogen-bond acceptors (Lipinski definition) is 2. The van der Waals surface area contributed by atoms with Crippen LogP contribution in [0.4, 0.5) is 0 Å². The predicted molar refractivity (Wildman–Crippen MR) is 95.9 cm³/mol. The molecule has 0 aromatic heterocycles. The summed E-state index contributed by atoms with van der Waals surface area (Å²) >= 11 is 0. The monoisotopic (exact) mass is 301 g/mol. The van der Waals surface area contributed by atoms with Gasteiger partial charge in [-0.15, -0.1) is 0 Å². The molecule has 0 fully saturated rings. The lowest BCUT2D eigenvalue weighted by Gasteiger charge is -2.32. The van der Waals surface area contributed by atoms with Crippen molar-refractivity contribution in [1.29, 1.82) is 0 Å². The molecule has 0 aromatic rings. The molecule has 1 rings (SSSR count). The zero-order valence-electron chi connectivity index (χ0n) is 14.7. The fourth-order valence-corrected chi connectivity index (χ4v) is 2.91. The van der Waals surface area contributed by atoms with Crippen LogP contribution in [0.25, 0.3) is 0 Å². The van der Waals surface area contributed by atoms with Crippen LogP contribution in [0.5, 0.6) is 0 Å². The molecule has 1 aliphatic rings. The van der Waals surface area contributed by atoms with E-state index >= 15 is 0 Å². The van der Waals surface area contributed by atoms with Crippen molar-refractivity contribution in [2.24, 2.45) is 5.41 Å². The molecule has 22 heavy (non-hydrogen) atoms. The summed E-state index contributed by atoms with van der Waals surface area (Å²) in [5, 5.41) is 8.54. The highest BCUT2D eigenvalue weighted by molar-refractivity contribution is 5.37. The molecule has 0 bridgehead atoms. The molecule has 0 spiro atoms. The Morgan fingerprint density at radius 1 is 1.23 bits per heavy atom. The molecule has 2 nitrogen and oxygen atoms in total. The molecular formula is C20H31NO. The van der Waals surface area contributed by atoms with E-state index in [1.807, 2.05) is 19.1 Å². The second-order valence-corrected chi connectivity index (χ2v) is 6.84. The van der Waals surface area contributed by atoms with Crippen LogP contribution in [-0.4, -0.2) is 11.8 Å². The van der Waals surface area contributed by atoms with E-state index in [0.717, 1.165) is 5.57 Å². The van der Waals surface area contributed by atoms with Crippen molar-refractivity contribution >= 4 is 0 Å².